The monoisotopic (exact) mass is 238 g/mol. The van der Waals surface area contributed by atoms with Gasteiger partial charge >= 0.3 is 6.09 Å². The van der Waals surface area contributed by atoms with Crippen LogP contribution in [0.15, 0.2) is 17.5 Å². The zero-order chi connectivity index (χ0) is 13.1. The van der Waals surface area contributed by atoms with E-state index in [0.717, 1.165) is 5.82 Å². The molecule has 0 unspecified atom stereocenters. The van der Waals surface area contributed by atoms with Crippen molar-refractivity contribution in [2.24, 2.45) is 5.16 Å². The summed E-state index contributed by atoms with van der Waals surface area (Å²) in [7, 11) is 3.20. The van der Waals surface area contributed by atoms with Crippen molar-refractivity contribution < 1.29 is 9.63 Å². The van der Waals surface area contributed by atoms with Gasteiger partial charge in [0.25, 0.3) is 0 Å². The summed E-state index contributed by atoms with van der Waals surface area (Å²) >= 11 is 0. The molecular weight excluding hydrogens is 220 g/mol. The topological polar surface area (TPSA) is 59.7 Å². The fraction of sp³-hybridized carbons (Fsp3) is 0.545. The Bertz CT molecular complexity index is 421. The highest BCUT2D eigenvalue weighted by molar-refractivity contribution is 5.70. The number of aromatic nitrogens is 2. The lowest BCUT2D eigenvalue weighted by Crippen LogP contribution is -2.29. The molecule has 0 aliphatic rings. The van der Waals surface area contributed by atoms with Crippen LogP contribution < -0.4 is 0 Å². The highest BCUT2D eigenvalue weighted by atomic mass is 16.7. The summed E-state index contributed by atoms with van der Waals surface area (Å²) in [4.78, 5) is 21.3. The van der Waals surface area contributed by atoms with Gasteiger partial charge in [0.1, 0.15) is 5.82 Å². The maximum absolute atomic E-state index is 11.2. The molecule has 1 heterocycles. The molecule has 1 aromatic rings. The third kappa shape index (κ3) is 3.30. The fourth-order valence-electron chi connectivity index (χ4n) is 1.33. The molecule has 0 N–H and O–H groups in total. The normalized spacial score (nSPS) is 11.8. The van der Waals surface area contributed by atoms with Crippen molar-refractivity contribution in [3.8, 4) is 0 Å². The number of carbonyl (C=O) groups excluding carboxylic acids is 1. The Kier molecular flexibility index (Phi) is 3.88. The van der Waals surface area contributed by atoms with Crippen molar-refractivity contribution in [1.29, 1.82) is 0 Å². The number of hydrogen-bond acceptors (Lipinski definition) is 4. The third-order valence-corrected chi connectivity index (χ3v) is 2.31. The van der Waals surface area contributed by atoms with Crippen LogP contribution in [0.5, 0.6) is 0 Å². The second kappa shape index (κ2) is 4.99. The zero-order valence-corrected chi connectivity index (χ0v) is 10.8. The Morgan fingerprint density at radius 1 is 1.59 bits per heavy atom. The minimum absolute atomic E-state index is 0.396. The Balaban J connectivity index is 2.71. The molecule has 6 heteroatoms. The van der Waals surface area contributed by atoms with E-state index in [2.05, 4.69) is 10.1 Å². The van der Waals surface area contributed by atoms with Crippen LogP contribution >= 0.6 is 0 Å². The molecule has 1 aromatic heterocycles. The lowest BCUT2D eigenvalue weighted by atomic mass is 10.1. The molecule has 0 spiro atoms. The van der Waals surface area contributed by atoms with Gasteiger partial charge in [-0.3, -0.25) is 4.84 Å². The quantitative estimate of drug-likeness (QED) is 0.456. The molecule has 0 fully saturated rings. The van der Waals surface area contributed by atoms with Gasteiger partial charge in [0.15, 0.2) is 0 Å². The van der Waals surface area contributed by atoms with Gasteiger partial charge in [-0.1, -0.05) is 5.16 Å². The van der Waals surface area contributed by atoms with Crippen LogP contribution in [0, 0.1) is 6.92 Å². The lowest BCUT2D eigenvalue weighted by Gasteiger charge is -2.22. The van der Waals surface area contributed by atoms with Gasteiger partial charge in [-0.15, -0.1) is 0 Å². The maximum atomic E-state index is 11.2. The number of carbonyl (C=O) groups is 1. The summed E-state index contributed by atoms with van der Waals surface area (Å²) in [6.45, 7) is 5.81. The molecule has 94 valence electrons. The first kappa shape index (κ1) is 13.2. The lowest BCUT2D eigenvalue weighted by molar-refractivity contribution is 0.122. The van der Waals surface area contributed by atoms with Crippen molar-refractivity contribution in [3.05, 3.63) is 18.2 Å². The van der Waals surface area contributed by atoms with Gasteiger partial charge in [-0.25, -0.2) is 9.78 Å². The number of amides is 1. The molecule has 1 amide bonds. The van der Waals surface area contributed by atoms with Crippen LogP contribution in [-0.2, 0) is 10.4 Å². The average Bonchev–Trinajstić information content (AvgIpc) is 2.64. The van der Waals surface area contributed by atoms with Crippen molar-refractivity contribution in [3.63, 3.8) is 0 Å². The van der Waals surface area contributed by atoms with Gasteiger partial charge in [-0.2, -0.15) is 0 Å². The van der Waals surface area contributed by atoms with E-state index in [9.17, 15) is 4.79 Å². The van der Waals surface area contributed by atoms with Gasteiger partial charge in [0, 0.05) is 26.5 Å². The summed E-state index contributed by atoms with van der Waals surface area (Å²) in [6, 6.07) is 0. The van der Waals surface area contributed by atoms with E-state index in [4.69, 9.17) is 4.84 Å². The predicted molar refractivity (Wildman–Crippen MR) is 64.9 cm³/mol. The minimum Gasteiger partial charge on any atom is -0.324 e. The second-order valence-corrected chi connectivity index (χ2v) is 4.48. The third-order valence-electron chi connectivity index (χ3n) is 2.31. The smallest absolute Gasteiger partial charge is 0.324 e. The van der Waals surface area contributed by atoms with Gasteiger partial charge < -0.3 is 9.47 Å². The fourth-order valence-corrected chi connectivity index (χ4v) is 1.33. The molecule has 0 aromatic carbocycles. The first-order chi connectivity index (χ1) is 7.84. The van der Waals surface area contributed by atoms with Crippen LogP contribution in [0.3, 0.4) is 0 Å². The molecule has 0 aliphatic carbocycles. The molecule has 0 saturated carbocycles. The zero-order valence-electron chi connectivity index (χ0n) is 10.8. The predicted octanol–water partition coefficient (Wildman–Crippen LogP) is 1.61. The Morgan fingerprint density at radius 3 is 2.71 bits per heavy atom. The summed E-state index contributed by atoms with van der Waals surface area (Å²) in [5.41, 5.74) is -0.396. The Labute approximate surface area is 101 Å². The van der Waals surface area contributed by atoms with Crippen LogP contribution in [-0.4, -0.2) is 40.9 Å². The number of imidazole rings is 1. The van der Waals surface area contributed by atoms with Crippen molar-refractivity contribution in [1.82, 2.24) is 14.5 Å². The molecule has 0 radical (unpaired) electrons. The molecule has 1 rings (SSSR count). The molecule has 6 nitrogen and oxygen atoms in total. The molecule has 0 bridgehead atoms. The van der Waals surface area contributed by atoms with Crippen LogP contribution in [0.1, 0.15) is 19.7 Å². The standard InChI is InChI=1S/C11H18N4O2/c1-9-12-6-7-15(9)11(2,3)8-13-17-10(16)14(4)5/h6-8H,1-5H3. The van der Waals surface area contributed by atoms with Crippen molar-refractivity contribution >= 4 is 12.3 Å². The van der Waals surface area contributed by atoms with Crippen LogP contribution in [0.4, 0.5) is 4.79 Å². The average molecular weight is 238 g/mol. The highest BCUT2D eigenvalue weighted by Crippen LogP contribution is 2.14. The molecule has 0 aliphatic heterocycles. The van der Waals surface area contributed by atoms with Gasteiger partial charge in [-0.05, 0) is 20.8 Å². The molecular formula is C11H18N4O2. The Morgan fingerprint density at radius 2 is 2.24 bits per heavy atom. The van der Waals surface area contributed by atoms with E-state index in [1.165, 1.54) is 4.90 Å². The van der Waals surface area contributed by atoms with E-state index < -0.39 is 11.6 Å². The SMILES string of the molecule is Cc1nccn1C(C)(C)C=NOC(=O)N(C)C. The van der Waals surface area contributed by atoms with Crippen LogP contribution in [0.25, 0.3) is 0 Å². The largest absolute Gasteiger partial charge is 0.435 e. The van der Waals surface area contributed by atoms with Gasteiger partial charge in [0.05, 0.1) is 11.8 Å². The van der Waals surface area contributed by atoms with E-state index in [-0.39, 0.29) is 0 Å². The summed E-state index contributed by atoms with van der Waals surface area (Å²) in [5.74, 6) is 0.875. The minimum atomic E-state index is -0.501. The number of hydrogen-bond donors (Lipinski definition) is 0. The molecule has 0 atom stereocenters. The first-order valence-electron chi connectivity index (χ1n) is 5.28. The number of nitrogens with zero attached hydrogens (tertiary/aromatic N) is 4. The van der Waals surface area contributed by atoms with Crippen molar-refractivity contribution in [2.45, 2.75) is 26.3 Å². The summed E-state index contributed by atoms with van der Waals surface area (Å²) < 4.78 is 1.94. The first-order valence-corrected chi connectivity index (χ1v) is 5.28. The number of rotatable bonds is 3. The van der Waals surface area contributed by atoms with E-state index >= 15 is 0 Å². The summed E-state index contributed by atoms with van der Waals surface area (Å²) in [6.07, 6.45) is 4.65. The van der Waals surface area contributed by atoms with E-state index in [1.54, 1.807) is 26.5 Å². The van der Waals surface area contributed by atoms with Gasteiger partial charge in [0.2, 0.25) is 0 Å². The Hall–Kier alpha value is -1.85. The summed E-state index contributed by atoms with van der Waals surface area (Å²) in [5, 5.41) is 3.70. The van der Waals surface area contributed by atoms with E-state index in [0.29, 0.717) is 0 Å². The van der Waals surface area contributed by atoms with Crippen LogP contribution in [0.2, 0.25) is 0 Å². The van der Waals surface area contributed by atoms with E-state index in [1.807, 2.05) is 31.5 Å². The maximum Gasteiger partial charge on any atom is 0.435 e. The highest BCUT2D eigenvalue weighted by Gasteiger charge is 2.19. The number of oxime groups is 1. The second-order valence-electron chi connectivity index (χ2n) is 4.48. The molecule has 0 saturated heterocycles. The number of aryl methyl sites for hydroxylation is 1. The molecule has 17 heavy (non-hydrogen) atoms. The van der Waals surface area contributed by atoms with Crippen molar-refractivity contribution in [2.75, 3.05) is 14.1 Å².